The van der Waals surface area contributed by atoms with E-state index < -0.39 is 0 Å². The summed E-state index contributed by atoms with van der Waals surface area (Å²) < 4.78 is 5.23. The first-order valence-electron chi connectivity index (χ1n) is 7.05. The molecule has 0 spiro atoms. The van der Waals surface area contributed by atoms with E-state index in [-0.39, 0.29) is 10.7 Å². The fraction of sp³-hybridized carbons (Fsp3) is 0.714. The zero-order valence-electron chi connectivity index (χ0n) is 12.3. The van der Waals surface area contributed by atoms with Gasteiger partial charge in [0.15, 0.2) is 5.76 Å². The molecule has 1 aromatic heterocycles. The molecule has 5 nitrogen and oxygen atoms in total. The first-order chi connectivity index (χ1) is 9.47. The predicted octanol–water partition coefficient (Wildman–Crippen LogP) is 2.05. The smallest absolute Gasteiger partial charge is 0.236 e. The molecule has 1 aromatic rings. The summed E-state index contributed by atoms with van der Waals surface area (Å²) in [5.41, 5.74) is 0.910. The summed E-state index contributed by atoms with van der Waals surface area (Å²) in [6.45, 7) is 10.1. The first-order valence-corrected chi connectivity index (χ1v) is 7.96. The Kier molecular flexibility index (Phi) is 5.21. The molecule has 1 amide bonds. The highest BCUT2D eigenvalue weighted by Crippen LogP contribution is 2.17. The number of halogens is 1. The number of hydrogen-bond acceptors (Lipinski definition) is 4. The lowest BCUT2D eigenvalue weighted by atomic mass is 10.1. The molecule has 0 aromatic carbocycles. The normalized spacial score (nSPS) is 18.6. The Labute approximate surface area is 128 Å². The van der Waals surface area contributed by atoms with Crippen LogP contribution in [0.1, 0.15) is 25.3 Å². The van der Waals surface area contributed by atoms with Gasteiger partial charge >= 0.3 is 0 Å². The van der Waals surface area contributed by atoms with E-state index >= 15 is 0 Å². The predicted molar refractivity (Wildman–Crippen MR) is 80.7 cm³/mol. The van der Waals surface area contributed by atoms with E-state index in [1.807, 2.05) is 17.9 Å². The van der Waals surface area contributed by atoms with Crippen LogP contribution in [0, 0.1) is 12.8 Å². The Morgan fingerprint density at radius 1 is 1.40 bits per heavy atom. The van der Waals surface area contributed by atoms with Gasteiger partial charge in [0.1, 0.15) is 0 Å². The molecule has 1 unspecified atom stereocenters. The summed E-state index contributed by atoms with van der Waals surface area (Å²) in [6, 6.07) is 1.96. The third-order valence-corrected chi connectivity index (χ3v) is 5.01. The Hall–Kier alpha value is -0.880. The number of aromatic nitrogens is 1. The van der Waals surface area contributed by atoms with Gasteiger partial charge in [-0.05, 0) is 12.8 Å². The number of nitrogens with zero attached hydrogens (tertiary/aromatic N) is 3. The van der Waals surface area contributed by atoms with Crippen LogP contribution < -0.4 is 0 Å². The molecular weight excluding hydrogens is 322 g/mol. The molecule has 0 saturated carbocycles. The minimum absolute atomic E-state index is 0.0778. The van der Waals surface area contributed by atoms with E-state index in [0.29, 0.717) is 5.92 Å². The van der Waals surface area contributed by atoms with Gasteiger partial charge in [-0.1, -0.05) is 34.9 Å². The highest BCUT2D eigenvalue weighted by molar-refractivity contribution is 9.10. The molecule has 2 rings (SSSR count). The van der Waals surface area contributed by atoms with Gasteiger partial charge < -0.3 is 9.42 Å². The van der Waals surface area contributed by atoms with Crippen molar-refractivity contribution in [2.45, 2.75) is 32.1 Å². The highest BCUT2D eigenvalue weighted by atomic mass is 79.9. The van der Waals surface area contributed by atoms with Crippen molar-refractivity contribution in [1.82, 2.24) is 15.0 Å². The largest absolute Gasteiger partial charge is 0.360 e. The number of amides is 1. The third kappa shape index (κ3) is 3.82. The molecule has 0 radical (unpaired) electrons. The van der Waals surface area contributed by atoms with Gasteiger partial charge in [-0.2, -0.15) is 0 Å². The summed E-state index contributed by atoms with van der Waals surface area (Å²) in [5, 5.41) is 3.90. The molecule has 0 aliphatic carbocycles. The van der Waals surface area contributed by atoms with Crippen molar-refractivity contribution in [1.29, 1.82) is 0 Å². The van der Waals surface area contributed by atoms with Gasteiger partial charge in [-0.15, -0.1) is 0 Å². The molecule has 2 heterocycles. The molecule has 1 fully saturated rings. The van der Waals surface area contributed by atoms with Gasteiger partial charge in [0.05, 0.1) is 17.1 Å². The lowest BCUT2D eigenvalue weighted by Gasteiger charge is -2.35. The van der Waals surface area contributed by atoms with Crippen LogP contribution in [0.15, 0.2) is 10.6 Å². The minimum Gasteiger partial charge on any atom is -0.360 e. The second-order valence-electron chi connectivity index (χ2n) is 5.68. The number of carbonyl (C=O) groups is 1. The van der Waals surface area contributed by atoms with Crippen LogP contribution in [0.5, 0.6) is 0 Å². The Balaban J connectivity index is 1.82. The van der Waals surface area contributed by atoms with Gasteiger partial charge in [-0.25, -0.2) is 0 Å². The van der Waals surface area contributed by atoms with Gasteiger partial charge in [0.2, 0.25) is 5.91 Å². The molecule has 20 heavy (non-hydrogen) atoms. The Morgan fingerprint density at radius 3 is 2.55 bits per heavy atom. The van der Waals surface area contributed by atoms with Gasteiger partial charge in [0, 0.05) is 32.2 Å². The molecule has 112 valence electrons. The lowest BCUT2D eigenvalue weighted by Crippen LogP contribution is -2.50. The maximum atomic E-state index is 12.2. The number of piperazine rings is 1. The number of alkyl halides is 1. The fourth-order valence-electron chi connectivity index (χ4n) is 2.30. The monoisotopic (exact) mass is 343 g/mol. The standard InChI is InChI=1S/C14H22BrN3O2/c1-10(2)13(15)14(19)18-6-4-17(5-7-18)9-12-8-11(3)16-20-12/h8,10,13H,4-7,9H2,1-3H3. The molecule has 1 aliphatic heterocycles. The van der Waals surface area contributed by atoms with E-state index in [1.54, 1.807) is 0 Å². The second kappa shape index (κ2) is 6.72. The summed E-state index contributed by atoms with van der Waals surface area (Å²) in [7, 11) is 0. The Morgan fingerprint density at radius 2 is 2.05 bits per heavy atom. The van der Waals surface area contributed by atoms with Gasteiger partial charge in [-0.3, -0.25) is 9.69 Å². The van der Waals surface area contributed by atoms with Crippen molar-refractivity contribution in [3.05, 3.63) is 17.5 Å². The highest BCUT2D eigenvalue weighted by Gasteiger charge is 2.27. The SMILES string of the molecule is Cc1cc(CN2CCN(C(=O)C(Br)C(C)C)CC2)on1. The fourth-order valence-corrected chi connectivity index (χ4v) is 2.59. The molecular formula is C14H22BrN3O2. The van der Waals surface area contributed by atoms with Crippen molar-refractivity contribution >= 4 is 21.8 Å². The van der Waals surface area contributed by atoms with Crippen molar-refractivity contribution in [3.8, 4) is 0 Å². The van der Waals surface area contributed by atoms with Crippen LogP contribution in [-0.2, 0) is 11.3 Å². The molecule has 0 bridgehead atoms. The maximum Gasteiger partial charge on any atom is 0.236 e. The summed E-state index contributed by atoms with van der Waals surface area (Å²) >= 11 is 3.49. The van der Waals surface area contributed by atoms with Crippen LogP contribution >= 0.6 is 15.9 Å². The van der Waals surface area contributed by atoms with Crippen LogP contribution in [0.4, 0.5) is 0 Å². The van der Waals surface area contributed by atoms with E-state index in [4.69, 9.17) is 4.52 Å². The zero-order valence-corrected chi connectivity index (χ0v) is 13.9. The van der Waals surface area contributed by atoms with Crippen molar-refractivity contribution in [3.63, 3.8) is 0 Å². The summed E-state index contributed by atoms with van der Waals surface area (Å²) in [4.78, 5) is 16.4. The molecule has 1 saturated heterocycles. The second-order valence-corrected chi connectivity index (χ2v) is 6.67. The van der Waals surface area contributed by atoms with E-state index in [0.717, 1.165) is 44.2 Å². The first kappa shape index (κ1) is 15.5. The quantitative estimate of drug-likeness (QED) is 0.785. The van der Waals surface area contributed by atoms with Crippen LogP contribution in [-0.4, -0.2) is 51.9 Å². The minimum atomic E-state index is -0.0778. The maximum absolute atomic E-state index is 12.2. The average Bonchev–Trinajstić information content (AvgIpc) is 2.83. The van der Waals surface area contributed by atoms with Crippen LogP contribution in [0.2, 0.25) is 0 Å². The van der Waals surface area contributed by atoms with E-state index in [9.17, 15) is 4.79 Å². The number of hydrogen-bond donors (Lipinski definition) is 0. The number of carbonyl (C=O) groups excluding carboxylic acids is 1. The molecule has 1 aliphatic rings. The van der Waals surface area contributed by atoms with Crippen molar-refractivity contribution in [2.24, 2.45) is 5.92 Å². The lowest BCUT2D eigenvalue weighted by molar-refractivity contribution is -0.133. The van der Waals surface area contributed by atoms with Crippen molar-refractivity contribution < 1.29 is 9.32 Å². The zero-order chi connectivity index (χ0) is 14.7. The Bertz CT molecular complexity index is 453. The molecule has 1 atom stereocenters. The molecule has 0 N–H and O–H groups in total. The van der Waals surface area contributed by atoms with Crippen LogP contribution in [0.25, 0.3) is 0 Å². The number of rotatable bonds is 4. The molecule has 6 heteroatoms. The summed E-state index contributed by atoms with van der Waals surface area (Å²) in [5.74, 6) is 1.41. The topological polar surface area (TPSA) is 49.6 Å². The van der Waals surface area contributed by atoms with Crippen LogP contribution in [0.3, 0.4) is 0 Å². The summed E-state index contributed by atoms with van der Waals surface area (Å²) in [6.07, 6.45) is 0. The van der Waals surface area contributed by atoms with Gasteiger partial charge in [0.25, 0.3) is 0 Å². The van der Waals surface area contributed by atoms with E-state index in [1.165, 1.54) is 0 Å². The third-order valence-electron chi connectivity index (χ3n) is 3.56. The van der Waals surface area contributed by atoms with E-state index in [2.05, 4.69) is 39.8 Å². The average molecular weight is 344 g/mol. The number of aryl methyl sites for hydroxylation is 1. The van der Waals surface area contributed by atoms with Crippen molar-refractivity contribution in [2.75, 3.05) is 26.2 Å².